The lowest BCUT2D eigenvalue weighted by molar-refractivity contribution is 0.213. The molecule has 1 aromatic carbocycles. The van der Waals surface area contributed by atoms with Crippen LogP contribution >= 0.6 is 0 Å². The van der Waals surface area contributed by atoms with Crippen molar-refractivity contribution in [2.75, 3.05) is 21.3 Å². The Morgan fingerprint density at radius 2 is 1.65 bits per heavy atom. The summed E-state index contributed by atoms with van der Waals surface area (Å²) in [5, 5.41) is 10.5. The minimum absolute atomic E-state index is 0.527. The molecule has 0 aliphatic heterocycles. The van der Waals surface area contributed by atoms with Crippen LogP contribution in [0.4, 0.5) is 0 Å². The van der Waals surface area contributed by atoms with Gasteiger partial charge in [-0.15, -0.1) is 0 Å². The highest BCUT2D eigenvalue weighted by atomic mass is 16.5. The number of aromatic nitrogens is 1. The zero-order chi connectivity index (χ0) is 14.5. The van der Waals surface area contributed by atoms with Gasteiger partial charge in [-0.3, -0.25) is 4.98 Å². The van der Waals surface area contributed by atoms with E-state index in [1.807, 2.05) is 0 Å². The van der Waals surface area contributed by atoms with Gasteiger partial charge >= 0.3 is 0 Å². The van der Waals surface area contributed by atoms with E-state index in [9.17, 15) is 5.11 Å². The molecule has 0 aliphatic carbocycles. The lowest BCUT2D eigenvalue weighted by atomic mass is 10.0. The van der Waals surface area contributed by atoms with E-state index in [1.54, 1.807) is 58.0 Å². The second-order valence-corrected chi connectivity index (χ2v) is 4.14. The van der Waals surface area contributed by atoms with Gasteiger partial charge in [0.25, 0.3) is 0 Å². The maximum absolute atomic E-state index is 10.5. The first kappa shape index (κ1) is 14.1. The van der Waals surface area contributed by atoms with Gasteiger partial charge in [-0.05, 0) is 12.1 Å². The van der Waals surface area contributed by atoms with Gasteiger partial charge in [0, 0.05) is 29.6 Å². The summed E-state index contributed by atoms with van der Waals surface area (Å²) in [6.45, 7) is 0. The first-order valence-corrected chi connectivity index (χ1v) is 6.09. The third-order valence-electron chi connectivity index (χ3n) is 3.03. The van der Waals surface area contributed by atoms with Crippen LogP contribution in [0.2, 0.25) is 0 Å². The van der Waals surface area contributed by atoms with E-state index in [4.69, 9.17) is 14.2 Å². The number of aliphatic hydroxyl groups excluding tert-OH is 1. The number of pyridine rings is 1. The van der Waals surface area contributed by atoms with Gasteiger partial charge in [-0.2, -0.15) is 0 Å². The Morgan fingerprint density at radius 3 is 2.20 bits per heavy atom. The van der Waals surface area contributed by atoms with E-state index in [0.717, 1.165) is 0 Å². The van der Waals surface area contributed by atoms with Crippen molar-refractivity contribution < 1.29 is 19.3 Å². The fraction of sp³-hybridized carbons (Fsp3) is 0.267. The first-order valence-electron chi connectivity index (χ1n) is 6.09. The van der Waals surface area contributed by atoms with Crippen molar-refractivity contribution in [3.8, 4) is 17.2 Å². The number of hydrogen-bond acceptors (Lipinski definition) is 5. The molecule has 2 aromatic rings. The van der Waals surface area contributed by atoms with Crippen molar-refractivity contribution in [2.24, 2.45) is 0 Å². The molecule has 0 bridgehead atoms. The molecule has 1 aromatic heterocycles. The summed E-state index contributed by atoms with van der Waals surface area (Å²) in [5.41, 5.74) is 1.27. The molecule has 0 fully saturated rings. The molecule has 5 heteroatoms. The van der Waals surface area contributed by atoms with Crippen molar-refractivity contribution >= 4 is 0 Å². The smallest absolute Gasteiger partial charge is 0.164 e. The van der Waals surface area contributed by atoms with Crippen molar-refractivity contribution in [3.05, 3.63) is 47.8 Å². The number of aliphatic hydroxyl groups is 1. The largest absolute Gasteiger partial charge is 0.496 e. The summed E-state index contributed by atoms with van der Waals surface area (Å²) in [5.74, 6) is 1.61. The SMILES string of the molecule is COc1cc(OC)c(C(O)c2cccnc2)cc1OC. The van der Waals surface area contributed by atoms with Gasteiger partial charge in [-0.25, -0.2) is 0 Å². The van der Waals surface area contributed by atoms with Crippen molar-refractivity contribution in [1.29, 1.82) is 0 Å². The monoisotopic (exact) mass is 275 g/mol. The highest BCUT2D eigenvalue weighted by Gasteiger charge is 2.19. The Labute approximate surface area is 117 Å². The number of methoxy groups -OCH3 is 3. The molecule has 1 heterocycles. The van der Waals surface area contributed by atoms with Crippen molar-refractivity contribution in [3.63, 3.8) is 0 Å². The molecule has 5 nitrogen and oxygen atoms in total. The van der Waals surface area contributed by atoms with Crippen LogP contribution in [0.3, 0.4) is 0 Å². The summed E-state index contributed by atoms with van der Waals surface area (Å²) >= 11 is 0. The Kier molecular flexibility index (Phi) is 4.42. The van der Waals surface area contributed by atoms with Crippen LogP contribution in [0.25, 0.3) is 0 Å². The van der Waals surface area contributed by atoms with E-state index in [0.29, 0.717) is 28.4 Å². The zero-order valence-electron chi connectivity index (χ0n) is 11.7. The van der Waals surface area contributed by atoms with Crippen LogP contribution in [-0.2, 0) is 0 Å². The lowest BCUT2D eigenvalue weighted by Crippen LogP contribution is -2.04. The molecule has 0 saturated carbocycles. The molecule has 1 N–H and O–H groups in total. The minimum atomic E-state index is -0.849. The molecule has 0 amide bonds. The highest BCUT2D eigenvalue weighted by Crippen LogP contribution is 2.39. The zero-order valence-corrected chi connectivity index (χ0v) is 11.7. The maximum Gasteiger partial charge on any atom is 0.164 e. The molecule has 0 spiro atoms. The van der Waals surface area contributed by atoms with Gasteiger partial charge < -0.3 is 19.3 Å². The second-order valence-electron chi connectivity index (χ2n) is 4.14. The summed E-state index contributed by atoms with van der Waals surface area (Å²) < 4.78 is 15.8. The normalized spacial score (nSPS) is 11.8. The molecule has 106 valence electrons. The van der Waals surface area contributed by atoms with Crippen LogP contribution in [0.1, 0.15) is 17.2 Å². The number of nitrogens with zero attached hydrogens (tertiary/aromatic N) is 1. The van der Waals surface area contributed by atoms with Crippen molar-refractivity contribution in [2.45, 2.75) is 6.10 Å². The summed E-state index contributed by atoms with van der Waals surface area (Å²) in [7, 11) is 4.64. The molecule has 1 atom stereocenters. The number of hydrogen-bond donors (Lipinski definition) is 1. The third-order valence-corrected chi connectivity index (χ3v) is 3.03. The molecular formula is C15H17NO4. The Morgan fingerprint density at radius 1 is 1.00 bits per heavy atom. The third kappa shape index (κ3) is 2.67. The quantitative estimate of drug-likeness (QED) is 0.906. The Balaban J connectivity index is 2.49. The number of ether oxygens (including phenoxy) is 3. The molecular weight excluding hydrogens is 258 g/mol. The average molecular weight is 275 g/mol. The maximum atomic E-state index is 10.5. The van der Waals surface area contributed by atoms with Crippen LogP contribution < -0.4 is 14.2 Å². The fourth-order valence-electron chi connectivity index (χ4n) is 1.98. The van der Waals surface area contributed by atoms with Gasteiger partial charge in [0.2, 0.25) is 0 Å². The average Bonchev–Trinajstić information content (AvgIpc) is 2.53. The van der Waals surface area contributed by atoms with E-state index in [-0.39, 0.29) is 0 Å². The van der Waals surface area contributed by atoms with E-state index >= 15 is 0 Å². The second kappa shape index (κ2) is 6.25. The predicted molar refractivity (Wildman–Crippen MR) is 74.4 cm³/mol. The van der Waals surface area contributed by atoms with Gasteiger partial charge in [0.05, 0.1) is 21.3 Å². The topological polar surface area (TPSA) is 60.8 Å². The predicted octanol–water partition coefficient (Wildman–Crippen LogP) is 2.19. The number of rotatable bonds is 5. The van der Waals surface area contributed by atoms with Crippen molar-refractivity contribution in [1.82, 2.24) is 4.98 Å². The molecule has 20 heavy (non-hydrogen) atoms. The van der Waals surface area contributed by atoms with Gasteiger partial charge in [0.1, 0.15) is 11.9 Å². The molecule has 0 aliphatic rings. The first-order chi connectivity index (χ1) is 9.71. The minimum Gasteiger partial charge on any atom is -0.496 e. The summed E-state index contributed by atoms with van der Waals surface area (Å²) in [6, 6.07) is 6.96. The van der Waals surface area contributed by atoms with Crippen LogP contribution in [0.15, 0.2) is 36.7 Å². The van der Waals surface area contributed by atoms with E-state index in [1.165, 1.54) is 0 Å². The number of benzene rings is 1. The van der Waals surface area contributed by atoms with Gasteiger partial charge in [0.15, 0.2) is 11.5 Å². The summed E-state index contributed by atoms with van der Waals surface area (Å²) in [4.78, 5) is 4.01. The molecule has 1 unspecified atom stereocenters. The van der Waals surface area contributed by atoms with E-state index in [2.05, 4.69) is 4.98 Å². The lowest BCUT2D eigenvalue weighted by Gasteiger charge is -2.18. The van der Waals surface area contributed by atoms with Crippen LogP contribution in [0.5, 0.6) is 17.2 Å². The van der Waals surface area contributed by atoms with Crippen LogP contribution in [-0.4, -0.2) is 31.4 Å². The highest BCUT2D eigenvalue weighted by molar-refractivity contribution is 5.53. The molecule has 2 rings (SSSR count). The standard InChI is InChI=1S/C15H17NO4/c1-18-12-8-14(20-3)13(19-2)7-11(12)15(17)10-5-4-6-16-9-10/h4-9,15,17H,1-3H3. The Hall–Kier alpha value is -2.27. The summed E-state index contributed by atoms with van der Waals surface area (Å²) in [6.07, 6.45) is 2.42. The Bertz CT molecular complexity index is 572. The van der Waals surface area contributed by atoms with Crippen LogP contribution in [0, 0.1) is 0 Å². The molecule has 0 radical (unpaired) electrons. The molecule has 0 saturated heterocycles. The van der Waals surface area contributed by atoms with E-state index < -0.39 is 6.10 Å². The van der Waals surface area contributed by atoms with Gasteiger partial charge in [-0.1, -0.05) is 6.07 Å². The fourth-order valence-corrected chi connectivity index (χ4v) is 1.98.